The number of hydrogen-bond donors (Lipinski definition) is 1. The number of nitrogens with zero attached hydrogens (tertiary/aromatic N) is 3. The highest BCUT2D eigenvalue weighted by Crippen LogP contribution is 2.21. The Morgan fingerprint density at radius 3 is 2.94 bits per heavy atom. The highest BCUT2D eigenvalue weighted by atomic mass is 32.2. The van der Waals surface area contributed by atoms with Gasteiger partial charge in [-0.2, -0.15) is 0 Å². The lowest BCUT2D eigenvalue weighted by Crippen LogP contribution is -1.92. The molecule has 0 aliphatic rings. The first-order valence-corrected chi connectivity index (χ1v) is 6.44. The van der Waals surface area contributed by atoms with E-state index >= 15 is 0 Å². The van der Waals surface area contributed by atoms with Gasteiger partial charge in [-0.05, 0) is 11.6 Å². The van der Waals surface area contributed by atoms with Crippen molar-refractivity contribution in [1.82, 2.24) is 14.8 Å². The zero-order valence-electron chi connectivity index (χ0n) is 10.00. The van der Waals surface area contributed by atoms with Gasteiger partial charge in [-0.1, -0.05) is 41.8 Å². The van der Waals surface area contributed by atoms with Crippen molar-refractivity contribution in [3.05, 3.63) is 41.7 Å². The monoisotopic (exact) mass is 259 g/mol. The molecule has 92 valence electrons. The number of aromatic nitrogens is 3. The van der Waals surface area contributed by atoms with Gasteiger partial charge in [-0.3, -0.25) is 0 Å². The van der Waals surface area contributed by atoms with Crippen molar-refractivity contribution >= 4 is 11.8 Å². The van der Waals surface area contributed by atoms with Gasteiger partial charge in [-0.25, -0.2) is 0 Å². The van der Waals surface area contributed by atoms with Gasteiger partial charge >= 0.3 is 0 Å². The third-order valence-corrected chi connectivity index (χ3v) is 3.43. The fourth-order valence-electron chi connectivity index (χ4n) is 1.45. The summed E-state index contributed by atoms with van der Waals surface area (Å²) in [5.74, 6) is 6.40. The number of aliphatic hydroxyl groups excluding tert-OH is 1. The van der Waals surface area contributed by atoms with Crippen LogP contribution in [0.2, 0.25) is 0 Å². The van der Waals surface area contributed by atoms with E-state index in [0.29, 0.717) is 0 Å². The smallest absolute Gasteiger partial charge is 0.191 e. The van der Waals surface area contributed by atoms with E-state index < -0.39 is 0 Å². The molecule has 5 heteroatoms. The molecule has 0 amide bonds. The van der Waals surface area contributed by atoms with Gasteiger partial charge in [0.25, 0.3) is 0 Å². The first kappa shape index (κ1) is 12.7. The van der Waals surface area contributed by atoms with Gasteiger partial charge in [0.1, 0.15) is 12.9 Å². The Labute approximate surface area is 110 Å². The molecule has 0 bridgehead atoms. The maximum atomic E-state index is 8.73. The summed E-state index contributed by atoms with van der Waals surface area (Å²) in [6, 6.07) is 7.91. The molecule has 1 aromatic heterocycles. The normalized spacial score (nSPS) is 9.89. The van der Waals surface area contributed by atoms with E-state index in [1.807, 2.05) is 35.9 Å². The molecule has 1 aromatic carbocycles. The van der Waals surface area contributed by atoms with Crippen molar-refractivity contribution in [1.29, 1.82) is 0 Å². The van der Waals surface area contributed by atoms with E-state index in [2.05, 4.69) is 22.0 Å². The van der Waals surface area contributed by atoms with Crippen LogP contribution in [0.15, 0.2) is 35.7 Å². The summed E-state index contributed by atoms with van der Waals surface area (Å²) in [5, 5.41) is 17.5. The van der Waals surface area contributed by atoms with E-state index in [-0.39, 0.29) is 6.61 Å². The Hall–Kier alpha value is -1.77. The van der Waals surface area contributed by atoms with Crippen molar-refractivity contribution in [2.75, 3.05) is 6.61 Å². The van der Waals surface area contributed by atoms with Crippen molar-refractivity contribution in [3.63, 3.8) is 0 Å². The number of aryl methyl sites for hydroxylation is 1. The maximum Gasteiger partial charge on any atom is 0.191 e. The average Bonchev–Trinajstić information content (AvgIpc) is 2.80. The van der Waals surface area contributed by atoms with Crippen molar-refractivity contribution in [3.8, 4) is 11.8 Å². The molecule has 0 saturated carbocycles. The Morgan fingerprint density at radius 2 is 2.22 bits per heavy atom. The number of rotatable bonds is 3. The van der Waals surface area contributed by atoms with Gasteiger partial charge in [-0.15, -0.1) is 10.2 Å². The molecule has 0 atom stereocenters. The molecule has 2 rings (SSSR count). The SMILES string of the molecule is Cn1cnnc1SCc1ccccc1C#CCO. The van der Waals surface area contributed by atoms with Crippen LogP contribution >= 0.6 is 11.8 Å². The molecular formula is C13H13N3OS. The summed E-state index contributed by atoms with van der Waals surface area (Å²) < 4.78 is 1.88. The highest BCUT2D eigenvalue weighted by Gasteiger charge is 2.04. The number of thioether (sulfide) groups is 1. The van der Waals surface area contributed by atoms with Crippen LogP contribution < -0.4 is 0 Å². The maximum absolute atomic E-state index is 8.73. The van der Waals surface area contributed by atoms with Crippen LogP contribution in [0, 0.1) is 11.8 Å². The van der Waals surface area contributed by atoms with Crippen LogP contribution in [-0.2, 0) is 12.8 Å². The number of aliphatic hydroxyl groups is 1. The van der Waals surface area contributed by atoms with Crippen molar-refractivity contribution in [2.45, 2.75) is 10.9 Å². The first-order chi connectivity index (χ1) is 8.81. The molecule has 1 heterocycles. The van der Waals surface area contributed by atoms with Crippen LogP contribution in [0.25, 0.3) is 0 Å². The standard InChI is InChI=1S/C13H13N3OS/c1-16-10-14-15-13(16)18-9-12-6-3-2-5-11(12)7-4-8-17/h2-3,5-6,10,17H,8-9H2,1H3. The van der Waals surface area contributed by atoms with E-state index in [9.17, 15) is 0 Å². The fraction of sp³-hybridized carbons (Fsp3) is 0.231. The molecule has 0 unspecified atom stereocenters. The molecule has 0 radical (unpaired) electrons. The van der Waals surface area contributed by atoms with E-state index in [0.717, 1.165) is 22.0 Å². The van der Waals surface area contributed by atoms with Crippen LogP contribution in [0.3, 0.4) is 0 Å². The summed E-state index contributed by atoms with van der Waals surface area (Å²) in [6.07, 6.45) is 1.68. The summed E-state index contributed by atoms with van der Waals surface area (Å²) in [6.45, 7) is -0.120. The summed E-state index contributed by atoms with van der Waals surface area (Å²) >= 11 is 1.61. The molecule has 0 saturated heterocycles. The van der Waals surface area contributed by atoms with E-state index in [1.54, 1.807) is 18.1 Å². The predicted molar refractivity (Wildman–Crippen MR) is 71.0 cm³/mol. The molecule has 0 spiro atoms. The Bertz CT molecular complexity index is 583. The molecule has 18 heavy (non-hydrogen) atoms. The predicted octanol–water partition coefficient (Wildman–Crippen LogP) is 1.45. The number of hydrogen-bond acceptors (Lipinski definition) is 4. The van der Waals surface area contributed by atoms with Gasteiger partial charge in [0.05, 0.1) is 0 Å². The van der Waals surface area contributed by atoms with Gasteiger partial charge in [0.15, 0.2) is 5.16 Å². The van der Waals surface area contributed by atoms with Crippen LogP contribution in [0.1, 0.15) is 11.1 Å². The van der Waals surface area contributed by atoms with Crippen molar-refractivity contribution in [2.24, 2.45) is 7.05 Å². The minimum absolute atomic E-state index is 0.120. The lowest BCUT2D eigenvalue weighted by atomic mass is 10.1. The van der Waals surface area contributed by atoms with E-state index in [4.69, 9.17) is 5.11 Å². The van der Waals surface area contributed by atoms with Gasteiger partial charge in [0.2, 0.25) is 0 Å². The second kappa shape index (κ2) is 6.24. The Morgan fingerprint density at radius 1 is 1.39 bits per heavy atom. The summed E-state index contributed by atoms with van der Waals surface area (Å²) in [7, 11) is 1.92. The zero-order chi connectivity index (χ0) is 12.8. The molecule has 4 nitrogen and oxygen atoms in total. The second-order valence-corrected chi connectivity index (χ2v) is 4.57. The topological polar surface area (TPSA) is 50.9 Å². The van der Waals surface area contributed by atoms with Crippen molar-refractivity contribution < 1.29 is 5.11 Å². The van der Waals surface area contributed by atoms with Crippen LogP contribution in [0.4, 0.5) is 0 Å². The average molecular weight is 259 g/mol. The third-order valence-electron chi connectivity index (χ3n) is 2.35. The van der Waals surface area contributed by atoms with Crippen LogP contribution in [-0.4, -0.2) is 26.5 Å². The summed E-state index contributed by atoms with van der Waals surface area (Å²) in [4.78, 5) is 0. The summed E-state index contributed by atoms with van der Waals surface area (Å²) in [5.41, 5.74) is 2.08. The largest absolute Gasteiger partial charge is 0.384 e. The molecule has 0 aliphatic heterocycles. The van der Waals surface area contributed by atoms with E-state index in [1.165, 1.54) is 0 Å². The van der Waals surface area contributed by atoms with Crippen LogP contribution in [0.5, 0.6) is 0 Å². The molecule has 0 fully saturated rings. The lowest BCUT2D eigenvalue weighted by molar-refractivity contribution is 0.350. The third kappa shape index (κ3) is 3.13. The first-order valence-electron chi connectivity index (χ1n) is 5.45. The van der Waals surface area contributed by atoms with Gasteiger partial charge < -0.3 is 9.67 Å². The zero-order valence-corrected chi connectivity index (χ0v) is 10.8. The lowest BCUT2D eigenvalue weighted by Gasteiger charge is -2.03. The molecule has 0 aliphatic carbocycles. The number of benzene rings is 1. The van der Waals surface area contributed by atoms with Gasteiger partial charge in [0, 0.05) is 18.4 Å². The second-order valence-electron chi connectivity index (χ2n) is 3.63. The Balaban J connectivity index is 2.12. The Kier molecular flexibility index (Phi) is 4.40. The minimum atomic E-state index is -0.120. The highest BCUT2D eigenvalue weighted by molar-refractivity contribution is 7.98. The molecular weight excluding hydrogens is 246 g/mol. The molecule has 2 aromatic rings. The fourth-order valence-corrected chi connectivity index (χ4v) is 2.34. The minimum Gasteiger partial charge on any atom is -0.384 e. The quantitative estimate of drug-likeness (QED) is 0.669. The molecule has 1 N–H and O–H groups in total.